The van der Waals surface area contributed by atoms with Crippen molar-refractivity contribution in [2.75, 3.05) is 0 Å². The van der Waals surface area contributed by atoms with Gasteiger partial charge in [0.05, 0.1) is 5.69 Å². The average Bonchev–Trinajstić information content (AvgIpc) is 2.49. The molecule has 0 atom stereocenters. The number of rotatable bonds is 2. The van der Waals surface area contributed by atoms with E-state index in [2.05, 4.69) is 41.4 Å². The number of benzene rings is 2. The molecule has 1 nitrogen and oxygen atoms in total. The SMILES string of the molecule is [c]1ccccc1-c1ccc(-c2ccccn2)cc1. The Kier molecular flexibility index (Phi) is 2.89. The fourth-order valence-electron chi connectivity index (χ4n) is 1.93. The summed E-state index contributed by atoms with van der Waals surface area (Å²) in [6, 6.07) is 25.6. The zero-order chi connectivity index (χ0) is 12.2. The van der Waals surface area contributed by atoms with Gasteiger partial charge in [0.25, 0.3) is 0 Å². The molecule has 18 heavy (non-hydrogen) atoms. The van der Waals surface area contributed by atoms with E-state index in [0.29, 0.717) is 0 Å². The first-order valence-electron chi connectivity index (χ1n) is 5.92. The van der Waals surface area contributed by atoms with Crippen molar-refractivity contribution < 1.29 is 0 Å². The molecule has 1 heteroatoms. The first-order valence-corrected chi connectivity index (χ1v) is 5.92. The molecule has 0 fully saturated rings. The highest BCUT2D eigenvalue weighted by molar-refractivity contribution is 5.68. The second-order valence-electron chi connectivity index (χ2n) is 4.07. The third-order valence-corrected chi connectivity index (χ3v) is 2.87. The molecular formula is C17H12N. The zero-order valence-corrected chi connectivity index (χ0v) is 9.88. The molecule has 0 saturated heterocycles. The lowest BCUT2D eigenvalue weighted by Crippen LogP contribution is -1.82. The van der Waals surface area contributed by atoms with Crippen LogP contribution in [0.15, 0.2) is 72.9 Å². The van der Waals surface area contributed by atoms with Gasteiger partial charge in [-0.3, -0.25) is 4.98 Å². The quantitative estimate of drug-likeness (QED) is 0.642. The smallest absolute Gasteiger partial charge is 0.0701 e. The minimum Gasteiger partial charge on any atom is -0.256 e. The summed E-state index contributed by atoms with van der Waals surface area (Å²) < 4.78 is 0. The summed E-state index contributed by atoms with van der Waals surface area (Å²) in [5.41, 5.74) is 4.43. The topological polar surface area (TPSA) is 12.9 Å². The van der Waals surface area contributed by atoms with Crippen molar-refractivity contribution in [3.8, 4) is 22.4 Å². The van der Waals surface area contributed by atoms with Gasteiger partial charge in [-0.1, -0.05) is 54.6 Å². The van der Waals surface area contributed by atoms with E-state index < -0.39 is 0 Å². The van der Waals surface area contributed by atoms with E-state index in [1.807, 2.05) is 42.6 Å². The molecule has 0 unspecified atom stereocenters. The Morgan fingerprint density at radius 3 is 2.17 bits per heavy atom. The Morgan fingerprint density at radius 2 is 1.50 bits per heavy atom. The van der Waals surface area contributed by atoms with Gasteiger partial charge in [0.1, 0.15) is 0 Å². The van der Waals surface area contributed by atoms with Crippen molar-refractivity contribution in [3.05, 3.63) is 79.0 Å². The highest BCUT2D eigenvalue weighted by Gasteiger charge is 2.00. The minimum absolute atomic E-state index is 1.00. The predicted molar refractivity (Wildman–Crippen MR) is 73.9 cm³/mol. The monoisotopic (exact) mass is 230 g/mol. The lowest BCUT2D eigenvalue weighted by Gasteiger charge is -2.03. The number of aromatic nitrogens is 1. The molecular weight excluding hydrogens is 218 g/mol. The summed E-state index contributed by atoms with van der Waals surface area (Å²) >= 11 is 0. The molecule has 3 aromatic rings. The van der Waals surface area contributed by atoms with E-state index >= 15 is 0 Å². The molecule has 1 radical (unpaired) electrons. The Morgan fingerprint density at radius 1 is 0.722 bits per heavy atom. The van der Waals surface area contributed by atoms with E-state index in [1.165, 1.54) is 5.56 Å². The maximum absolute atomic E-state index is 4.34. The van der Waals surface area contributed by atoms with E-state index in [-0.39, 0.29) is 0 Å². The molecule has 0 aliphatic carbocycles. The van der Waals surface area contributed by atoms with Gasteiger partial charge in [0.15, 0.2) is 0 Å². The van der Waals surface area contributed by atoms with Crippen LogP contribution in [-0.4, -0.2) is 4.98 Å². The second-order valence-corrected chi connectivity index (χ2v) is 4.07. The number of hydrogen-bond donors (Lipinski definition) is 0. The summed E-state index contributed by atoms with van der Waals surface area (Å²) in [5.74, 6) is 0. The Balaban J connectivity index is 1.95. The molecule has 1 heterocycles. The molecule has 0 saturated carbocycles. The van der Waals surface area contributed by atoms with Crippen LogP contribution in [0.5, 0.6) is 0 Å². The van der Waals surface area contributed by atoms with Crippen LogP contribution in [0.25, 0.3) is 22.4 Å². The van der Waals surface area contributed by atoms with Gasteiger partial charge in [-0.15, -0.1) is 0 Å². The van der Waals surface area contributed by atoms with Gasteiger partial charge in [-0.05, 0) is 29.3 Å². The van der Waals surface area contributed by atoms with Crippen LogP contribution >= 0.6 is 0 Å². The maximum atomic E-state index is 4.34. The highest BCUT2D eigenvalue weighted by Crippen LogP contribution is 2.22. The predicted octanol–water partition coefficient (Wildman–Crippen LogP) is 4.22. The normalized spacial score (nSPS) is 10.2. The summed E-state index contributed by atoms with van der Waals surface area (Å²) in [6.45, 7) is 0. The van der Waals surface area contributed by atoms with Crippen LogP contribution in [0.4, 0.5) is 0 Å². The zero-order valence-electron chi connectivity index (χ0n) is 9.88. The van der Waals surface area contributed by atoms with Crippen LogP contribution < -0.4 is 0 Å². The number of nitrogens with zero attached hydrogens (tertiary/aromatic N) is 1. The highest BCUT2D eigenvalue weighted by atomic mass is 14.7. The van der Waals surface area contributed by atoms with Crippen LogP contribution in [0.2, 0.25) is 0 Å². The molecule has 0 aliphatic heterocycles. The summed E-state index contributed by atoms with van der Waals surface area (Å²) in [6.07, 6.45) is 1.81. The molecule has 0 amide bonds. The molecule has 85 valence electrons. The third kappa shape index (κ3) is 2.16. The summed E-state index contributed by atoms with van der Waals surface area (Å²) in [7, 11) is 0. The van der Waals surface area contributed by atoms with E-state index in [0.717, 1.165) is 16.8 Å². The maximum Gasteiger partial charge on any atom is 0.0701 e. The van der Waals surface area contributed by atoms with Crippen LogP contribution in [0, 0.1) is 6.07 Å². The van der Waals surface area contributed by atoms with Gasteiger partial charge in [0.2, 0.25) is 0 Å². The molecule has 3 rings (SSSR count). The molecule has 0 aliphatic rings. The van der Waals surface area contributed by atoms with Crippen molar-refractivity contribution in [2.45, 2.75) is 0 Å². The van der Waals surface area contributed by atoms with Crippen LogP contribution in [-0.2, 0) is 0 Å². The van der Waals surface area contributed by atoms with Gasteiger partial charge in [-0.25, -0.2) is 0 Å². The van der Waals surface area contributed by atoms with Crippen molar-refractivity contribution in [3.63, 3.8) is 0 Å². The largest absolute Gasteiger partial charge is 0.256 e. The summed E-state index contributed by atoms with van der Waals surface area (Å²) in [4.78, 5) is 4.34. The molecule has 2 aromatic carbocycles. The van der Waals surface area contributed by atoms with Gasteiger partial charge < -0.3 is 0 Å². The van der Waals surface area contributed by atoms with E-state index in [4.69, 9.17) is 0 Å². The molecule has 0 N–H and O–H groups in total. The van der Waals surface area contributed by atoms with Crippen molar-refractivity contribution in [1.82, 2.24) is 4.98 Å². The molecule has 0 bridgehead atoms. The van der Waals surface area contributed by atoms with Gasteiger partial charge in [-0.2, -0.15) is 0 Å². The van der Waals surface area contributed by atoms with Crippen LogP contribution in [0.1, 0.15) is 0 Å². The minimum atomic E-state index is 1.00. The fraction of sp³-hybridized carbons (Fsp3) is 0. The van der Waals surface area contributed by atoms with Gasteiger partial charge >= 0.3 is 0 Å². The molecule has 1 aromatic heterocycles. The average molecular weight is 230 g/mol. The van der Waals surface area contributed by atoms with Gasteiger partial charge in [0, 0.05) is 11.8 Å². The van der Waals surface area contributed by atoms with Crippen LogP contribution in [0.3, 0.4) is 0 Å². The molecule has 0 spiro atoms. The van der Waals surface area contributed by atoms with Crippen molar-refractivity contribution >= 4 is 0 Å². The Bertz CT molecular complexity index is 554. The third-order valence-electron chi connectivity index (χ3n) is 2.87. The van der Waals surface area contributed by atoms with E-state index in [9.17, 15) is 0 Å². The lowest BCUT2D eigenvalue weighted by molar-refractivity contribution is 1.33. The lowest BCUT2D eigenvalue weighted by atomic mass is 10.0. The van der Waals surface area contributed by atoms with E-state index in [1.54, 1.807) is 0 Å². The first-order chi connectivity index (χ1) is 8.93. The Hall–Kier alpha value is -2.41. The number of pyridine rings is 1. The summed E-state index contributed by atoms with van der Waals surface area (Å²) in [5, 5.41) is 0. The van der Waals surface area contributed by atoms with Crippen molar-refractivity contribution in [1.29, 1.82) is 0 Å². The first kappa shape index (κ1) is 10.7. The Labute approximate surface area is 107 Å². The number of hydrogen-bond acceptors (Lipinski definition) is 1. The van der Waals surface area contributed by atoms with Crippen molar-refractivity contribution in [2.24, 2.45) is 0 Å². The second kappa shape index (κ2) is 4.84. The standard InChI is InChI=1S/C17H12N/c1-2-6-14(7-3-1)15-9-11-16(12-10-15)17-8-4-5-13-18-17/h1-6,8-13H. The fourth-order valence-corrected chi connectivity index (χ4v) is 1.93.